The Morgan fingerprint density at radius 3 is 2.20 bits per heavy atom. The van der Waals surface area contributed by atoms with Crippen LogP contribution < -0.4 is 0 Å². The molecule has 0 aliphatic rings. The molecule has 0 unspecified atom stereocenters. The van der Waals surface area contributed by atoms with Crippen LogP contribution >= 0.6 is 15.9 Å². The molecule has 0 saturated carbocycles. The summed E-state index contributed by atoms with van der Waals surface area (Å²) < 4.78 is 1.05. The molecule has 0 bridgehead atoms. The van der Waals surface area contributed by atoms with Gasteiger partial charge in [-0.15, -0.1) is 0 Å². The van der Waals surface area contributed by atoms with Gasteiger partial charge in [0, 0.05) is 16.2 Å². The number of pyridine rings is 1. The van der Waals surface area contributed by atoms with Crippen LogP contribution in [-0.4, -0.2) is 11.3 Å². The fourth-order valence-corrected chi connectivity index (χ4v) is 1.55. The third-order valence-electron chi connectivity index (χ3n) is 2.08. The van der Waals surface area contributed by atoms with Gasteiger partial charge in [-0.3, -0.25) is 9.78 Å². The zero-order chi connectivity index (χ0) is 10.7. The highest BCUT2D eigenvalue weighted by molar-refractivity contribution is 9.10. The Hall–Kier alpha value is -1.48. The number of rotatable bonds is 2. The first-order valence-electron chi connectivity index (χ1n) is 4.47. The number of hydrogen-bond acceptors (Lipinski definition) is 2. The molecule has 15 heavy (non-hydrogen) atoms. The van der Waals surface area contributed by atoms with Crippen molar-refractivity contribution in [1.82, 2.24) is 4.98 Å². The van der Waals surface area contributed by atoms with Crippen molar-refractivity contribution in [2.75, 3.05) is 0 Å². The van der Waals surface area contributed by atoms with Crippen molar-refractivity contribution >= 4 is 22.2 Å². The summed E-state index contributed by atoms with van der Waals surface area (Å²) in [6.45, 7) is 0. The number of carbonyl (C=O) groups excluding carboxylic acids is 1. The molecular weight excluding hydrogens is 254 g/mol. The second-order valence-electron chi connectivity index (χ2n) is 3.10. The van der Waals surface area contributed by atoms with E-state index in [4.69, 9.17) is 0 Å². The SMILES string of the molecule is O=Cc1ccc(-c2ccc(Br)cc2)cn1. The molecule has 0 fully saturated rings. The predicted molar refractivity (Wildman–Crippen MR) is 62.8 cm³/mol. The van der Waals surface area contributed by atoms with E-state index in [-0.39, 0.29) is 0 Å². The van der Waals surface area contributed by atoms with Crippen molar-refractivity contribution in [1.29, 1.82) is 0 Å². The topological polar surface area (TPSA) is 30.0 Å². The van der Waals surface area contributed by atoms with Gasteiger partial charge in [0.25, 0.3) is 0 Å². The summed E-state index contributed by atoms with van der Waals surface area (Å²) in [5.74, 6) is 0. The molecule has 0 aliphatic heterocycles. The second-order valence-corrected chi connectivity index (χ2v) is 4.01. The lowest BCUT2D eigenvalue weighted by Crippen LogP contribution is -1.86. The molecule has 0 radical (unpaired) electrons. The van der Waals surface area contributed by atoms with Gasteiger partial charge >= 0.3 is 0 Å². The number of carbonyl (C=O) groups is 1. The van der Waals surface area contributed by atoms with Gasteiger partial charge in [0.1, 0.15) is 5.69 Å². The van der Waals surface area contributed by atoms with E-state index in [1.54, 1.807) is 12.3 Å². The molecule has 2 nitrogen and oxygen atoms in total. The van der Waals surface area contributed by atoms with Gasteiger partial charge in [0.2, 0.25) is 0 Å². The van der Waals surface area contributed by atoms with Crippen molar-refractivity contribution in [3.63, 3.8) is 0 Å². The van der Waals surface area contributed by atoms with E-state index in [1.807, 2.05) is 30.3 Å². The molecule has 1 aromatic carbocycles. The maximum atomic E-state index is 10.4. The third-order valence-corrected chi connectivity index (χ3v) is 2.61. The van der Waals surface area contributed by atoms with Gasteiger partial charge in [-0.1, -0.05) is 34.1 Å². The van der Waals surface area contributed by atoms with Gasteiger partial charge in [0.05, 0.1) is 0 Å². The summed E-state index contributed by atoms with van der Waals surface area (Å²) in [5, 5.41) is 0. The number of aldehydes is 1. The average molecular weight is 262 g/mol. The summed E-state index contributed by atoms with van der Waals surface area (Å²) in [5.41, 5.74) is 2.55. The second kappa shape index (κ2) is 4.36. The number of nitrogens with zero attached hydrogens (tertiary/aromatic N) is 1. The Labute approximate surface area is 96.1 Å². The van der Waals surface area contributed by atoms with Crippen molar-refractivity contribution in [3.05, 3.63) is 52.8 Å². The zero-order valence-electron chi connectivity index (χ0n) is 7.85. The van der Waals surface area contributed by atoms with Gasteiger partial charge in [-0.25, -0.2) is 0 Å². The minimum absolute atomic E-state index is 0.455. The molecule has 0 aliphatic carbocycles. The molecule has 1 heterocycles. The smallest absolute Gasteiger partial charge is 0.168 e. The van der Waals surface area contributed by atoms with E-state index in [1.165, 1.54) is 0 Å². The summed E-state index contributed by atoms with van der Waals surface area (Å²) in [6.07, 6.45) is 2.44. The van der Waals surface area contributed by atoms with Crippen molar-refractivity contribution in [3.8, 4) is 11.1 Å². The molecule has 0 saturated heterocycles. The van der Waals surface area contributed by atoms with Gasteiger partial charge < -0.3 is 0 Å². The fourth-order valence-electron chi connectivity index (χ4n) is 1.29. The van der Waals surface area contributed by atoms with E-state index < -0.39 is 0 Å². The zero-order valence-corrected chi connectivity index (χ0v) is 9.44. The molecule has 2 rings (SSSR count). The van der Waals surface area contributed by atoms with Crippen LogP contribution in [-0.2, 0) is 0 Å². The molecule has 3 heteroatoms. The largest absolute Gasteiger partial charge is 0.296 e. The standard InChI is InChI=1S/C12H8BrNO/c13-11-4-1-9(2-5-11)10-3-6-12(8-15)14-7-10/h1-8H. The fraction of sp³-hybridized carbons (Fsp3) is 0. The Balaban J connectivity index is 2.37. The lowest BCUT2D eigenvalue weighted by Gasteiger charge is -2.00. The van der Waals surface area contributed by atoms with Crippen LogP contribution in [0.2, 0.25) is 0 Å². The summed E-state index contributed by atoms with van der Waals surface area (Å²) in [4.78, 5) is 14.4. The van der Waals surface area contributed by atoms with Gasteiger partial charge in [-0.2, -0.15) is 0 Å². The highest BCUT2D eigenvalue weighted by Crippen LogP contribution is 2.20. The van der Waals surface area contributed by atoms with Crippen LogP contribution in [0.3, 0.4) is 0 Å². The number of halogens is 1. The maximum absolute atomic E-state index is 10.4. The Kier molecular flexibility index (Phi) is 2.92. The number of benzene rings is 1. The van der Waals surface area contributed by atoms with Crippen molar-refractivity contribution in [2.24, 2.45) is 0 Å². The highest BCUT2D eigenvalue weighted by Gasteiger charge is 1.98. The first kappa shape index (κ1) is 10.1. The minimum atomic E-state index is 0.455. The van der Waals surface area contributed by atoms with Crippen LogP contribution in [0.25, 0.3) is 11.1 Å². The van der Waals surface area contributed by atoms with Crippen LogP contribution in [0.4, 0.5) is 0 Å². The minimum Gasteiger partial charge on any atom is -0.296 e. The van der Waals surface area contributed by atoms with E-state index in [0.29, 0.717) is 5.69 Å². The van der Waals surface area contributed by atoms with Gasteiger partial charge in [0.15, 0.2) is 6.29 Å². The predicted octanol–water partition coefficient (Wildman–Crippen LogP) is 3.32. The summed E-state index contributed by atoms with van der Waals surface area (Å²) >= 11 is 3.38. The first-order chi connectivity index (χ1) is 7.29. The van der Waals surface area contributed by atoms with Gasteiger partial charge in [-0.05, 0) is 23.8 Å². The summed E-state index contributed by atoms with van der Waals surface area (Å²) in [6, 6.07) is 11.6. The van der Waals surface area contributed by atoms with Crippen LogP contribution in [0, 0.1) is 0 Å². The lowest BCUT2D eigenvalue weighted by molar-refractivity contribution is 0.111. The van der Waals surface area contributed by atoms with E-state index in [9.17, 15) is 4.79 Å². The summed E-state index contributed by atoms with van der Waals surface area (Å²) in [7, 11) is 0. The average Bonchev–Trinajstić information content (AvgIpc) is 2.30. The molecule has 0 atom stereocenters. The molecule has 0 amide bonds. The molecule has 0 N–H and O–H groups in total. The number of aromatic nitrogens is 1. The quantitative estimate of drug-likeness (QED) is 0.777. The molecular formula is C12H8BrNO. The molecule has 74 valence electrons. The Morgan fingerprint density at radius 1 is 1.00 bits per heavy atom. The lowest BCUT2D eigenvalue weighted by atomic mass is 10.1. The normalized spacial score (nSPS) is 9.93. The maximum Gasteiger partial charge on any atom is 0.168 e. The third kappa shape index (κ3) is 2.30. The van der Waals surface area contributed by atoms with Crippen LogP contribution in [0.15, 0.2) is 47.1 Å². The number of hydrogen-bond donors (Lipinski definition) is 0. The van der Waals surface area contributed by atoms with Crippen LogP contribution in [0.5, 0.6) is 0 Å². The van der Waals surface area contributed by atoms with E-state index >= 15 is 0 Å². The van der Waals surface area contributed by atoms with Crippen molar-refractivity contribution < 1.29 is 4.79 Å². The highest BCUT2D eigenvalue weighted by atomic mass is 79.9. The molecule has 2 aromatic rings. The molecule has 0 spiro atoms. The Morgan fingerprint density at radius 2 is 1.67 bits per heavy atom. The Bertz CT molecular complexity index is 462. The van der Waals surface area contributed by atoms with Crippen LogP contribution in [0.1, 0.15) is 10.5 Å². The monoisotopic (exact) mass is 261 g/mol. The van der Waals surface area contributed by atoms with Crippen molar-refractivity contribution in [2.45, 2.75) is 0 Å². The first-order valence-corrected chi connectivity index (χ1v) is 5.26. The van der Waals surface area contributed by atoms with E-state index in [0.717, 1.165) is 21.9 Å². The van der Waals surface area contributed by atoms with E-state index in [2.05, 4.69) is 20.9 Å². The molecule has 1 aromatic heterocycles.